The molecule has 1 unspecified atom stereocenters. The van der Waals surface area contributed by atoms with Gasteiger partial charge in [0.15, 0.2) is 0 Å². The first-order chi connectivity index (χ1) is 14.8. The molecule has 0 aliphatic carbocycles. The summed E-state index contributed by atoms with van der Waals surface area (Å²) >= 11 is 0. The van der Waals surface area contributed by atoms with Crippen molar-refractivity contribution in [2.45, 2.75) is 38.2 Å². The quantitative estimate of drug-likeness (QED) is 0.627. The number of halogens is 3. The number of hydrogen-bond donors (Lipinski definition) is 2. The monoisotopic (exact) mass is 431 g/mol. The third kappa shape index (κ3) is 4.27. The third-order valence-electron chi connectivity index (χ3n) is 5.86. The van der Waals surface area contributed by atoms with Crippen LogP contribution in [-0.2, 0) is 0 Å². The SMILES string of the molecule is C[C@@H](Nc1ncnc2[nH]c(=O)c(C3CCCN(C)C3)cc12)c1cccc(C(F)F)c1F. The lowest BCUT2D eigenvalue weighted by atomic mass is 9.91. The van der Waals surface area contributed by atoms with Gasteiger partial charge in [0.1, 0.15) is 23.6 Å². The van der Waals surface area contributed by atoms with E-state index in [9.17, 15) is 18.0 Å². The lowest BCUT2D eigenvalue weighted by molar-refractivity contribution is 0.146. The fourth-order valence-electron chi connectivity index (χ4n) is 4.23. The van der Waals surface area contributed by atoms with Crippen LogP contribution in [0.1, 0.15) is 54.8 Å². The number of pyridine rings is 1. The molecule has 0 amide bonds. The maximum absolute atomic E-state index is 14.6. The first-order valence-electron chi connectivity index (χ1n) is 10.2. The van der Waals surface area contributed by atoms with Crippen molar-refractivity contribution < 1.29 is 13.2 Å². The Bertz CT molecular complexity index is 1150. The Morgan fingerprint density at radius 2 is 2.03 bits per heavy atom. The van der Waals surface area contributed by atoms with E-state index < -0.39 is 23.8 Å². The highest BCUT2D eigenvalue weighted by molar-refractivity contribution is 5.86. The number of likely N-dealkylation sites (N-methyl/N-ethyl adjacent to an activating group) is 1. The molecular formula is C22H24F3N5O. The molecule has 4 rings (SSSR count). The topological polar surface area (TPSA) is 73.9 Å². The van der Waals surface area contributed by atoms with Crippen LogP contribution < -0.4 is 10.9 Å². The summed E-state index contributed by atoms with van der Waals surface area (Å²) < 4.78 is 40.7. The summed E-state index contributed by atoms with van der Waals surface area (Å²) in [6.45, 7) is 3.45. The number of nitrogens with one attached hydrogen (secondary N) is 2. The van der Waals surface area contributed by atoms with Gasteiger partial charge in [-0.3, -0.25) is 4.79 Å². The molecule has 164 valence electrons. The first-order valence-corrected chi connectivity index (χ1v) is 10.2. The van der Waals surface area contributed by atoms with Crippen molar-refractivity contribution in [1.82, 2.24) is 19.9 Å². The number of rotatable bonds is 5. The van der Waals surface area contributed by atoms with Crippen LogP contribution >= 0.6 is 0 Å². The highest BCUT2D eigenvalue weighted by Gasteiger charge is 2.24. The first kappa shape index (κ1) is 21.3. The van der Waals surface area contributed by atoms with E-state index in [1.54, 1.807) is 13.0 Å². The van der Waals surface area contributed by atoms with Crippen LogP contribution in [0.3, 0.4) is 0 Å². The van der Waals surface area contributed by atoms with E-state index in [-0.39, 0.29) is 17.0 Å². The molecule has 3 heterocycles. The average Bonchev–Trinajstić information content (AvgIpc) is 2.73. The highest BCUT2D eigenvalue weighted by atomic mass is 19.3. The van der Waals surface area contributed by atoms with Crippen LogP contribution in [0, 0.1) is 5.82 Å². The lowest BCUT2D eigenvalue weighted by Crippen LogP contribution is -2.33. The van der Waals surface area contributed by atoms with Crippen LogP contribution in [0.2, 0.25) is 0 Å². The van der Waals surface area contributed by atoms with Gasteiger partial charge in [0.2, 0.25) is 0 Å². The average molecular weight is 431 g/mol. The molecule has 0 bridgehead atoms. The van der Waals surface area contributed by atoms with Crippen molar-refractivity contribution in [3.8, 4) is 0 Å². The number of aromatic amines is 1. The molecule has 2 atom stereocenters. The lowest BCUT2D eigenvalue weighted by Gasteiger charge is -2.29. The second-order valence-electron chi connectivity index (χ2n) is 8.06. The van der Waals surface area contributed by atoms with Crippen LogP contribution in [-0.4, -0.2) is 40.0 Å². The fourth-order valence-corrected chi connectivity index (χ4v) is 4.23. The van der Waals surface area contributed by atoms with E-state index >= 15 is 0 Å². The number of benzene rings is 1. The molecule has 1 aromatic carbocycles. The number of alkyl halides is 2. The van der Waals surface area contributed by atoms with Gasteiger partial charge < -0.3 is 15.2 Å². The van der Waals surface area contributed by atoms with Crippen LogP contribution in [0.5, 0.6) is 0 Å². The zero-order valence-electron chi connectivity index (χ0n) is 17.3. The Morgan fingerprint density at radius 3 is 2.77 bits per heavy atom. The number of likely N-dealkylation sites (tertiary alicyclic amines) is 1. The minimum absolute atomic E-state index is 0.0950. The van der Waals surface area contributed by atoms with E-state index in [1.807, 2.05) is 7.05 Å². The summed E-state index contributed by atoms with van der Waals surface area (Å²) in [6.07, 6.45) is 0.324. The van der Waals surface area contributed by atoms with Gasteiger partial charge in [-0.1, -0.05) is 18.2 Å². The van der Waals surface area contributed by atoms with Gasteiger partial charge in [0, 0.05) is 23.6 Å². The van der Waals surface area contributed by atoms with E-state index in [2.05, 4.69) is 25.2 Å². The number of nitrogens with zero attached hydrogens (tertiary/aromatic N) is 3. The van der Waals surface area contributed by atoms with Crippen molar-refractivity contribution in [2.24, 2.45) is 0 Å². The number of piperidine rings is 1. The molecule has 2 aromatic heterocycles. The van der Waals surface area contributed by atoms with Crippen LogP contribution in [0.4, 0.5) is 19.0 Å². The standard InChI is InChI=1S/C22H24F3N5O/c1-12(14-6-3-7-15(18(14)23)19(24)25)28-20-17-9-16(13-5-4-8-30(2)10-13)22(31)29-21(17)27-11-26-20/h3,6-7,9,11-13,19H,4-5,8,10H2,1-2H3,(H2,26,27,28,29,31)/t12-,13?/m1/s1. The Labute approximate surface area is 177 Å². The smallest absolute Gasteiger partial charge is 0.266 e. The van der Waals surface area contributed by atoms with Gasteiger partial charge >= 0.3 is 0 Å². The van der Waals surface area contributed by atoms with E-state index in [0.29, 0.717) is 22.4 Å². The van der Waals surface area contributed by atoms with Crippen molar-refractivity contribution >= 4 is 16.9 Å². The number of fused-ring (bicyclic) bond motifs is 1. The zero-order chi connectivity index (χ0) is 22.1. The second kappa shape index (κ2) is 8.66. The Balaban J connectivity index is 1.70. The van der Waals surface area contributed by atoms with Gasteiger partial charge in [0.05, 0.1) is 17.0 Å². The molecule has 1 saturated heterocycles. The summed E-state index contributed by atoms with van der Waals surface area (Å²) in [5, 5.41) is 3.70. The van der Waals surface area contributed by atoms with Gasteiger partial charge in [-0.15, -0.1) is 0 Å². The molecule has 1 fully saturated rings. The number of anilines is 1. The maximum atomic E-state index is 14.6. The predicted molar refractivity (Wildman–Crippen MR) is 113 cm³/mol. The van der Waals surface area contributed by atoms with Gasteiger partial charge in [0.25, 0.3) is 12.0 Å². The van der Waals surface area contributed by atoms with Gasteiger partial charge in [-0.2, -0.15) is 0 Å². The summed E-state index contributed by atoms with van der Waals surface area (Å²) in [5.41, 5.74) is 0.330. The molecule has 31 heavy (non-hydrogen) atoms. The van der Waals surface area contributed by atoms with Crippen molar-refractivity contribution in [3.05, 3.63) is 63.5 Å². The number of aromatic nitrogens is 3. The predicted octanol–water partition coefficient (Wildman–Crippen LogP) is 4.38. The summed E-state index contributed by atoms with van der Waals surface area (Å²) in [6, 6.07) is 5.11. The zero-order valence-corrected chi connectivity index (χ0v) is 17.3. The van der Waals surface area contributed by atoms with E-state index in [1.165, 1.54) is 18.5 Å². The van der Waals surface area contributed by atoms with Gasteiger partial charge in [-0.25, -0.2) is 23.1 Å². The Kier molecular flexibility index (Phi) is 5.95. The maximum Gasteiger partial charge on any atom is 0.266 e. The summed E-state index contributed by atoms with van der Waals surface area (Å²) in [4.78, 5) is 26.1. The number of H-pyrrole nitrogens is 1. The molecule has 9 heteroatoms. The molecule has 0 saturated carbocycles. The molecule has 1 aliphatic rings. The highest BCUT2D eigenvalue weighted by Crippen LogP contribution is 2.31. The second-order valence-corrected chi connectivity index (χ2v) is 8.06. The van der Waals surface area contributed by atoms with Crippen molar-refractivity contribution in [2.75, 3.05) is 25.5 Å². The van der Waals surface area contributed by atoms with Crippen molar-refractivity contribution in [3.63, 3.8) is 0 Å². The Hall–Kier alpha value is -2.94. The van der Waals surface area contributed by atoms with E-state index in [4.69, 9.17) is 0 Å². The van der Waals surface area contributed by atoms with Crippen molar-refractivity contribution in [1.29, 1.82) is 0 Å². The van der Waals surface area contributed by atoms with Crippen LogP contribution in [0.15, 0.2) is 35.4 Å². The van der Waals surface area contributed by atoms with Crippen LogP contribution in [0.25, 0.3) is 11.0 Å². The summed E-state index contributed by atoms with van der Waals surface area (Å²) in [5.74, 6) is -0.436. The molecule has 3 aromatic rings. The molecule has 0 spiro atoms. The molecule has 1 aliphatic heterocycles. The van der Waals surface area contributed by atoms with Gasteiger partial charge in [-0.05, 0) is 39.4 Å². The molecule has 2 N–H and O–H groups in total. The summed E-state index contributed by atoms with van der Waals surface area (Å²) in [7, 11) is 2.03. The third-order valence-corrected chi connectivity index (χ3v) is 5.86. The fraction of sp³-hybridized carbons (Fsp3) is 0.409. The van der Waals surface area contributed by atoms with E-state index in [0.717, 1.165) is 32.0 Å². The normalized spacial score (nSPS) is 18.5. The molecular weight excluding hydrogens is 407 g/mol. The Morgan fingerprint density at radius 1 is 1.26 bits per heavy atom. The minimum atomic E-state index is -2.90. The molecule has 0 radical (unpaired) electrons. The largest absolute Gasteiger partial charge is 0.363 e. The minimum Gasteiger partial charge on any atom is -0.363 e. The molecule has 6 nitrogen and oxygen atoms in total. The number of hydrogen-bond acceptors (Lipinski definition) is 5.